The third kappa shape index (κ3) is 7.16. The molecule has 0 unspecified atom stereocenters. The van der Waals surface area contributed by atoms with Crippen LogP contribution in [0.3, 0.4) is 0 Å². The van der Waals surface area contributed by atoms with Gasteiger partial charge in [-0.15, -0.1) is 0 Å². The molecule has 31 heavy (non-hydrogen) atoms. The zero-order valence-corrected chi connectivity index (χ0v) is 18.2. The zero-order chi connectivity index (χ0) is 22.3. The molecule has 3 rings (SSSR count). The van der Waals surface area contributed by atoms with Gasteiger partial charge in [0, 0.05) is 38.3 Å². The highest BCUT2D eigenvalue weighted by molar-refractivity contribution is 7.89. The number of carbonyl (C=O) groups excluding carboxylic acids is 2. The predicted octanol–water partition coefficient (Wildman–Crippen LogP) is 1.44. The number of sulfonamides is 1. The van der Waals surface area contributed by atoms with Crippen LogP contribution in [0.4, 0.5) is 5.69 Å². The van der Waals surface area contributed by atoms with Crippen LogP contribution < -0.4 is 10.5 Å². The zero-order valence-electron chi connectivity index (χ0n) is 17.4. The van der Waals surface area contributed by atoms with Crippen LogP contribution in [-0.4, -0.2) is 62.8 Å². The van der Waals surface area contributed by atoms with Crippen LogP contribution in [-0.2, 0) is 26.0 Å². The SMILES string of the molecule is NS(=O)(=O)c1cccc(NC(=O)CN2CCN(C(=O)CCCc3ccccc3)CC2)c1. The Bertz CT molecular complexity index is 1000. The summed E-state index contributed by atoms with van der Waals surface area (Å²) in [6, 6.07) is 16.0. The quantitative estimate of drug-likeness (QED) is 0.640. The fourth-order valence-corrected chi connectivity index (χ4v) is 4.12. The van der Waals surface area contributed by atoms with E-state index < -0.39 is 10.0 Å². The standard InChI is InChI=1S/C22H28N4O4S/c23-31(29,30)20-10-5-9-19(16-20)24-21(27)17-25-12-14-26(15-13-25)22(28)11-4-8-18-6-2-1-3-7-18/h1-3,5-7,9-10,16H,4,8,11-15,17H2,(H,24,27)(H2,23,29,30). The van der Waals surface area contributed by atoms with E-state index in [1.807, 2.05) is 28.0 Å². The molecular formula is C22H28N4O4S. The van der Waals surface area contributed by atoms with Gasteiger partial charge in [0.05, 0.1) is 11.4 Å². The number of nitrogens with one attached hydrogen (secondary N) is 1. The minimum absolute atomic E-state index is 0.0512. The highest BCUT2D eigenvalue weighted by Gasteiger charge is 2.22. The number of nitrogens with two attached hydrogens (primary N) is 1. The molecule has 1 aliphatic rings. The van der Waals surface area contributed by atoms with Crippen molar-refractivity contribution in [1.29, 1.82) is 0 Å². The lowest BCUT2D eigenvalue weighted by Gasteiger charge is -2.34. The maximum Gasteiger partial charge on any atom is 0.238 e. The van der Waals surface area contributed by atoms with E-state index in [2.05, 4.69) is 17.4 Å². The van der Waals surface area contributed by atoms with Crippen molar-refractivity contribution in [2.75, 3.05) is 38.0 Å². The number of piperazine rings is 1. The fourth-order valence-electron chi connectivity index (χ4n) is 3.56. The molecule has 1 fully saturated rings. The molecule has 0 radical (unpaired) electrons. The van der Waals surface area contributed by atoms with Gasteiger partial charge < -0.3 is 10.2 Å². The van der Waals surface area contributed by atoms with Crippen molar-refractivity contribution in [3.8, 4) is 0 Å². The Kier molecular flexibility index (Phi) is 7.78. The molecule has 2 aromatic carbocycles. The summed E-state index contributed by atoms with van der Waals surface area (Å²) in [6.45, 7) is 2.61. The Morgan fingerprint density at radius 1 is 0.968 bits per heavy atom. The predicted molar refractivity (Wildman–Crippen MR) is 119 cm³/mol. The summed E-state index contributed by atoms with van der Waals surface area (Å²) in [5, 5.41) is 7.82. The van der Waals surface area contributed by atoms with E-state index in [-0.39, 0.29) is 23.3 Å². The molecule has 8 nitrogen and oxygen atoms in total. The van der Waals surface area contributed by atoms with Gasteiger partial charge in [-0.3, -0.25) is 14.5 Å². The minimum Gasteiger partial charge on any atom is -0.340 e. The second-order valence-corrected chi connectivity index (χ2v) is 9.18. The van der Waals surface area contributed by atoms with Crippen LogP contribution >= 0.6 is 0 Å². The summed E-state index contributed by atoms with van der Waals surface area (Å²) in [5.41, 5.74) is 1.62. The number of benzene rings is 2. The molecule has 0 saturated carbocycles. The Labute approximate surface area is 183 Å². The largest absolute Gasteiger partial charge is 0.340 e. The Morgan fingerprint density at radius 3 is 2.35 bits per heavy atom. The number of aryl methyl sites for hydroxylation is 1. The van der Waals surface area contributed by atoms with Crippen molar-refractivity contribution < 1.29 is 18.0 Å². The average Bonchev–Trinajstić information content (AvgIpc) is 2.74. The Balaban J connectivity index is 1.39. The lowest BCUT2D eigenvalue weighted by Crippen LogP contribution is -2.50. The highest BCUT2D eigenvalue weighted by Crippen LogP contribution is 2.14. The third-order valence-corrected chi connectivity index (χ3v) is 6.15. The van der Waals surface area contributed by atoms with Gasteiger partial charge in [-0.2, -0.15) is 0 Å². The van der Waals surface area contributed by atoms with Crippen LogP contribution in [0.2, 0.25) is 0 Å². The Hall–Kier alpha value is -2.75. The molecule has 1 heterocycles. The number of hydrogen-bond acceptors (Lipinski definition) is 5. The third-order valence-electron chi connectivity index (χ3n) is 5.24. The van der Waals surface area contributed by atoms with Crippen LogP contribution in [0.1, 0.15) is 18.4 Å². The monoisotopic (exact) mass is 444 g/mol. The lowest BCUT2D eigenvalue weighted by atomic mass is 10.1. The molecule has 2 amide bonds. The normalized spacial score (nSPS) is 14.9. The van der Waals surface area contributed by atoms with Gasteiger partial charge in [0.25, 0.3) is 0 Å². The first-order valence-electron chi connectivity index (χ1n) is 10.3. The summed E-state index contributed by atoms with van der Waals surface area (Å²) in [6.07, 6.45) is 2.23. The van der Waals surface area contributed by atoms with Crippen molar-refractivity contribution in [3.63, 3.8) is 0 Å². The number of primary sulfonamides is 1. The van der Waals surface area contributed by atoms with Crippen molar-refractivity contribution in [1.82, 2.24) is 9.80 Å². The van der Waals surface area contributed by atoms with E-state index in [4.69, 9.17) is 5.14 Å². The van der Waals surface area contributed by atoms with Crippen LogP contribution in [0.15, 0.2) is 59.5 Å². The van der Waals surface area contributed by atoms with E-state index in [9.17, 15) is 18.0 Å². The molecule has 0 bridgehead atoms. The summed E-state index contributed by atoms with van der Waals surface area (Å²) in [7, 11) is -3.82. The number of hydrogen-bond donors (Lipinski definition) is 2. The first kappa shape index (κ1) is 22.9. The fraction of sp³-hybridized carbons (Fsp3) is 0.364. The maximum atomic E-state index is 12.4. The highest BCUT2D eigenvalue weighted by atomic mass is 32.2. The molecule has 166 valence electrons. The molecule has 0 aliphatic carbocycles. The van der Waals surface area contributed by atoms with Gasteiger partial charge in [-0.05, 0) is 36.6 Å². The molecular weight excluding hydrogens is 416 g/mol. The molecule has 1 saturated heterocycles. The molecule has 0 spiro atoms. The number of rotatable bonds is 8. The van der Waals surface area contributed by atoms with Gasteiger partial charge in [-0.1, -0.05) is 36.4 Å². The van der Waals surface area contributed by atoms with Crippen LogP contribution in [0, 0.1) is 0 Å². The number of anilines is 1. The summed E-state index contributed by atoms with van der Waals surface area (Å²) < 4.78 is 22.9. The van der Waals surface area contributed by atoms with E-state index in [1.165, 1.54) is 23.8 Å². The number of nitrogens with zero attached hydrogens (tertiary/aromatic N) is 2. The molecule has 0 aromatic heterocycles. The van der Waals surface area contributed by atoms with Crippen molar-refractivity contribution >= 4 is 27.5 Å². The molecule has 1 aliphatic heterocycles. The lowest BCUT2D eigenvalue weighted by molar-refractivity contribution is -0.133. The Morgan fingerprint density at radius 2 is 1.68 bits per heavy atom. The molecule has 2 aromatic rings. The summed E-state index contributed by atoms with van der Waals surface area (Å²) >= 11 is 0. The van der Waals surface area contributed by atoms with E-state index in [0.717, 1.165) is 12.8 Å². The summed E-state index contributed by atoms with van der Waals surface area (Å²) in [4.78, 5) is 28.5. The van der Waals surface area contributed by atoms with Gasteiger partial charge in [-0.25, -0.2) is 13.6 Å². The van der Waals surface area contributed by atoms with E-state index in [0.29, 0.717) is 38.3 Å². The molecule has 0 atom stereocenters. The van der Waals surface area contributed by atoms with Gasteiger partial charge in [0.1, 0.15) is 0 Å². The average molecular weight is 445 g/mol. The van der Waals surface area contributed by atoms with Crippen LogP contribution in [0.5, 0.6) is 0 Å². The van der Waals surface area contributed by atoms with E-state index >= 15 is 0 Å². The second kappa shape index (κ2) is 10.5. The minimum atomic E-state index is -3.82. The topological polar surface area (TPSA) is 113 Å². The van der Waals surface area contributed by atoms with Crippen LogP contribution in [0.25, 0.3) is 0 Å². The van der Waals surface area contributed by atoms with Gasteiger partial charge in [0.2, 0.25) is 21.8 Å². The van der Waals surface area contributed by atoms with E-state index in [1.54, 1.807) is 6.07 Å². The molecule has 3 N–H and O–H groups in total. The van der Waals surface area contributed by atoms with Gasteiger partial charge >= 0.3 is 0 Å². The smallest absolute Gasteiger partial charge is 0.238 e. The first-order chi connectivity index (χ1) is 14.8. The van der Waals surface area contributed by atoms with Crippen molar-refractivity contribution in [2.45, 2.75) is 24.2 Å². The van der Waals surface area contributed by atoms with Crippen molar-refractivity contribution in [3.05, 3.63) is 60.2 Å². The van der Waals surface area contributed by atoms with Gasteiger partial charge in [0.15, 0.2) is 0 Å². The number of amides is 2. The second-order valence-electron chi connectivity index (χ2n) is 7.62. The summed E-state index contributed by atoms with van der Waals surface area (Å²) in [5.74, 6) is -0.0888. The maximum absolute atomic E-state index is 12.4. The van der Waals surface area contributed by atoms with Crippen molar-refractivity contribution in [2.24, 2.45) is 5.14 Å². The first-order valence-corrected chi connectivity index (χ1v) is 11.8. The molecule has 9 heteroatoms. The number of carbonyl (C=O) groups is 2.